The van der Waals surface area contributed by atoms with Gasteiger partial charge < -0.3 is 15.0 Å². The molecule has 0 aliphatic carbocycles. The summed E-state index contributed by atoms with van der Waals surface area (Å²) < 4.78 is 27.0. The molecule has 1 aromatic rings. The van der Waals surface area contributed by atoms with Crippen LogP contribution < -0.4 is 10.0 Å². The molecule has 0 saturated carbocycles. The lowest BCUT2D eigenvalue weighted by atomic mass is 10.0. The predicted octanol–water partition coefficient (Wildman–Crippen LogP) is -0.176. The van der Waals surface area contributed by atoms with Gasteiger partial charge in [0.25, 0.3) is 5.91 Å². The second-order valence-corrected chi connectivity index (χ2v) is 7.08. The maximum atomic E-state index is 12.2. The summed E-state index contributed by atoms with van der Waals surface area (Å²) >= 11 is 0. The van der Waals surface area contributed by atoms with Crippen molar-refractivity contribution < 1.29 is 18.3 Å². The largest absolute Gasteiger partial charge is 0.396 e. The number of aliphatic hydroxyl groups excluding tert-OH is 1. The number of carbonyl (C=O) groups excluding carboxylic acids is 1. The summed E-state index contributed by atoms with van der Waals surface area (Å²) in [4.78, 5) is 12.2. The van der Waals surface area contributed by atoms with E-state index in [1.54, 1.807) is 20.9 Å². The van der Waals surface area contributed by atoms with Gasteiger partial charge in [-0.1, -0.05) is 0 Å². The van der Waals surface area contributed by atoms with Crippen LogP contribution in [0.4, 0.5) is 0 Å². The van der Waals surface area contributed by atoms with E-state index in [2.05, 4.69) is 10.0 Å². The van der Waals surface area contributed by atoms with Gasteiger partial charge in [-0.05, 0) is 33.4 Å². The van der Waals surface area contributed by atoms with Gasteiger partial charge in [-0.15, -0.1) is 0 Å². The van der Waals surface area contributed by atoms with Gasteiger partial charge in [0.05, 0.1) is 0 Å². The van der Waals surface area contributed by atoms with Crippen molar-refractivity contribution in [2.24, 2.45) is 7.05 Å². The van der Waals surface area contributed by atoms with Crippen molar-refractivity contribution in [2.75, 3.05) is 13.7 Å². The van der Waals surface area contributed by atoms with Crippen molar-refractivity contribution in [3.05, 3.63) is 18.0 Å². The second-order valence-electron chi connectivity index (χ2n) is 5.19. The Kier molecular flexibility index (Phi) is 4.95. The molecule has 1 aromatic heterocycles. The highest BCUT2D eigenvalue weighted by atomic mass is 32.2. The van der Waals surface area contributed by atoms with Crippen molar-refractivity contribution in [1.82, 2.24) is 14.6 Å². The molecule has 1 amide bonds. The third kappa shape index (κ3) is 3.81. The molecular formula is C12H21N3O4S. The molecule has 0 radical (unpaired) electrons. The third-order valence-electron chi connectivity index (χ3n) is 2.98. The Balaban J connectivity index is 3.01. The van der Waals surface area contributed by atoms with Crippen LogP contribution in [0.3, 0.4) is 0 Å². The number of rotatable bonds is 6. The minimum atomic E-state index is -3.58. The molecule has 0 bridgehead atoms. The van der Waals surface area contributed by atoms with Crippen LogP contribution in [-0.2, 0) is 17.1 Å². The molecule has 0 saturated heterocycles. The molecule has 1 rings (SSSR count). The van der Waals surface area contributed by atoms with Gasteiger partial charge >= 0.3 is 0 Å². The molecule has 1 heterocycles. The SMILES string of the molecule is CNS(=O)(=O)c1cc(C(=O)NC(C)(C)CCO)n(C)c1. The van der Waals surface area contributed by atoms with Crippen LogP contribution in [0.5, 0.6) is 0 Å². The zero-order valence-corrected chi connectivity index (χ0v) is 12.9. The first-order valence-corrected chi connectivity index (χ1v) is 7.64. The first kappa shape index (κ1) is 16.7. The van der Waals surface area contributed by atoms with Gasteiger partial charge in [0, 0.05) is 25.4 Å². The van der Waals surface area contributed by atoms with Gasteiger partial charge in [-0.2, -0.15) is 0 Å². The molecule has 8 heteroatoms. The van der Waals surface area contributed by atoms with Gasteiger partial charge in [-0.3, -0.25) is 4.79 Å². The number of hydrogen-bond donors (Lipinski definition) is 3. The molecule has 3 N–H and O–H groups in total. The number of hydrogen-bond acceptors (Lipinski definition) is 4. The number of carbonyl (C=O) groups is 1. The molecule has 114 valence electrons. The Bertz CT molecular complexity index is 590. The first-order valence-electron chi connectivity index (χ1n) is 6.16. The smallest absolute Gasteiger partial charge is 0.268 e. The molecule has 0 aliphatic heterocycles. The lowest BCUT2D eigenvalue weighted by Crippen LogP contribution is -2.44. The summed E-state index contributed by atoms with van der Waals surface area (Å²) in [6, 6.07) is 1.32. The highest BCUT2D eigenvalue weighted by Crippen LogP contribution is 2.15. The Morgan fingerprint density at radius 3 is 2.55 bits per heavy atom. The molecule has 0 atom stereocenters. The van der Waals surface area contributed by atoms with E-state index in [9.17, 15) is 13.2 Å². The second kappa shape index (κ2) is 5.94. The highest BCUT2D eigenvalue weighted by molar-refractivity contribution is 7.89. The van der Waals surface area contributed by atoms with Crippen LogP contribution in [0.25, 0.3) is 0 Å². The maximum absolute atomic E-state index is 12.2. The van der Waals surface area contributed by atoms with Gasteiger partial charge in [0.1, 0.15) is 10.6 Å². The van der Waals surface area contributed by atoms with Gasteiger partial charge in [0.2, 0.25) is 10.0 Å². The summed E-state index contributed by atoms with van der Waals surface area (Å²) in [6.45, 7) is 3.53. The topological polar surface area (TPSA) is 100 Å². The molecule has 0 aliphatic rings. The zero-order valence-electron chi connectivity index (χ0n) is 12.1. The molecule has 7 nitrogen and oxygen atoms in total. The quantitative estimate of drug-likeness (QED) is 0.679. The maximum Gasteiger partial charge on any atom is 0.268 e. The molecule has 0 spiro atoms. The number of nitrogens with one attached hydrogen (secondary N) is 2. The van der Waals surface area contributed by atoms with Crippen LogP contribution in [-0.4, -0.2) is 43.2 Å². The van der Waals surface area contributed by atoms with E-state index in [4.69, 9.17) is 5.11 Å². The van der Waals surface area contributed by atoms with E-state index in [0.717, 1.165) is 0 Å². The molecule has 0 aromatic carbocycles. The number of aryl methyl sites for hydroxylation is 1. The lowest BCUT2D eigenvalue weighted by molar-refractivity contribution is 0.0891. The average molecular weight is 303 g/mol. The fourth-order valence-electron chi connectivity index (χ4n) is 1.74. The van der Waals surface area contributed by atoms with Crippen LogP contribution in [0.1, 0.15) is 30.8 Å². The normalized spacial score (nSPS) is 12.4. The number of amides is 1. The summed E-state index contributed by atoms with van der Waals surface area (Å²) in [5, 5.41) is 11.7. The van der Waals surface area contributed by atoms with E-state index >= 15 is 0 Å². The van der Waals surface area contributed by atoms with Crippen molar-refractivity contribution in [3.63, 3.8) is 0 Å². The van der Waals surface area contributed by atoms with E-state index in [-0.39, 0.29) is 23.1 Å². The fourth-order valence-corrected chi connectivity index (χ4v) is 2.54. The summed E-state index contributed by atoms with van der Waals surface area (Å²) in [5.41, 5.74) is -0.331. The van der Waals surface area contributed by atoms with Gasteiger partial charge in [0.15, 0.2) is 0 Å². The van der Waals surface area contributed by atoms with Crippen molar-refractivity contribution >= 4 is 15.9 Å². The van der Waals surface area contributed by atoms with E-state index in [1.807, 2.05) is 0 Å². The van der Waals surface area contributed by atoms with E-state index < -0.39 is 15.6 Å². The molecular weight excluding hydrogens is 282 g/mol. The third-order valence-corrected chi connectivity index (χ3v) is 4.36. The number of nitrogens with zero attached hydrogens (tertiary/aromatic N) is 1. The predicted molar refractivity (Wildman–Crippen MR) is 74.9 cm³/mol. The summed E-state index contributed by atoms with van der Waals surface area (Å²) in [7, 11) is -0.666. The minimum absolute atomic E-state index is 0.0348. The standard InChI is InChI=1S/C12H21N3O4S/c1-12(2,5-6-16)14-11(17)10-7-9(8-15(10)4)20(18,19)13-3/h7-8,13,16H,5-6H2,1-4H3,(H,14,17). The minimum Gasteiger partial charge on any atom is -0.396 e. The van der Waals surface area contributed by atoms with Crippen molar-refractivity contribution in [1.29, 1.82) is 0 Å². The van der Waals surface area contributed by atoms with Gasteiger partial charge in [-0.25, -0.2) is 13.1 Å². The first-order chi connectivity index (χ1) is 9.13. The number of aromatic nitrogens is 1. The summed E-state index contributed by atoms with van der Waals surface area (Å²) in [6.07, 6.45) is 1.78. The zero-order chi connectivity index (χ0) is 15.6. The average Bonchev–Trinajstić information content (AvgIpc) is 2.71. The number of sulfonamides is 1. The number of aliphatic hydroxyl groups is 1. The van der Waals surface area contributed by atoms with Crippen LogP contribution in [0.2, 0.25) is 0 Å². The monoisotopic (exact) mass is 303 g/mol. The van der Waals surface area contributed by atoms with Crippen LogP contribution >= 0.6 is 0 Å². The molecule has 20 heavy (non-hydrogen) atoms. The molecule has 0 unspecified atom stereocenters. The Morgan fingerprint density at radius 1 is 1.45 bits per heavy atom. The summed E-state index contributed by atoms with van der Waals surface area (Å²) in [5.74, 6) is -0.386. The lowest BCUT2D eigenvalue weighted by Gasteiger charge is -2.25. The van der Waals surface area contributed by atoms with Crippen molar-refractivity contribution in [2.45, 2.75) is 30.7 Å². The fraction of sp³-hybridized carbons (Fsp3) is 0.583. The molecule has 0 fully saturated rings. The van der Waals surface area contributed by atoms with Crippen molar-refractivity contribution in [3.8, 4) is 0 Å². The highest BCUT2D eigenvalue weighted by Gasteiger charge is 2.24. The Hall–Kier alpha value is -1.38. The Morgan fingerprint density at radius 2 is 2.05 bits per heavy atom. The van der Waals surface area contributed by atoms with Crippen LogP contribution in [0, 0.1) is 0 Å². The van der Waals surface area contributed by atoms with E-state index in [1.165, 1.54) is 23.9 Å². The van der Waals surface area contributed by atoms with E-state index in [0.29, 0.717) is 6.42 Å². The Labute approximate surface area is 119 Å². The van der Waals surface area contributed by atoms with Crippen LogP contribution in [0.15, 0.2) is 17.2 Å².